The van der Waals surface area contributed by atoms with Crippen LogP contribution in [0.25, 0.3) is 31.8 Å². The van der Waals surface area contributed by atoms with Crippen LogP contribution in [0, 0.1) is 0 Å². The summed E-state index contributed by atoms with van der Waals surface area (Å²) in [4.78, 5) is 0.829. The zero-order chi connectivity index (χ0) is 15.8. The first-order valence-corrected chi connectivity index (χ1v) is 7.42. The Morgan fingerprint density at radius 3 is 2.95 bits per heavy atom. The van der Waals surface area contributed by atoms with Crippen molar-refractivity contribution < 1.29 is 8.68 Å². The molecule has 0 atom stereocenters. The van der Waals surface area contributed by atoms with Gasteiger partial charge >= 0.3 is 0 Å². The van der Waals surface area contributed by atoms with Gasteiger partial charge in [0.1, 0.15) is 0 Å². The number of hydrogen-bond acceptors (Lipinski definition) is 1. The lowest BCUT2D eigenvalue weighted by Crippen LogP contribution is -2.30. The monoisotopic (exact) mass is 280 g/mol. The zero-order valence-electron chi connectivity index (χ0n) is 13.6. The summed E-state index contributed by atoms with van der Waals surface area (Å²) in [7, 11) is 0. The van der Waals surface area contributed by atoms with Crippen molar-refractivity contribution in [3.8, 4) is 10.6 Å². The first-order valence-electron chi connectivity index (χ1n) is 8.10. The molecule has 1 aliphatic heterocycles. The molecule has 0 bridgehead atoms. The lowest BCUT2D eigenvalue weighted by molar-refractivity contribution is -0.641. The van der Waals surface area contributed by atoms with E-state index in [1.165, 1.54) is 15.7 Å². The SMILES string of the molecule is [2H]C([2H])([2H])n1c2ccccc2c2c1sc1[n+]2Cc2ccccc2-1. The fraction of sp³-hybridized carbons (Fsp3) is 0.118. The highest BCUT2D eigenvalue weighted by molar-refractivity contribution is 7.21. The minimum Gasteiger partial charge on any atom is -0.330 e. The van der Waals surface area contributed by atoms with Crippen molar-refractivity contribution in [2.45, 2.75) is 6.54 Å². The largest absolute Gasteiger partial charge is 0.330 e. The molecule has 4 aromatic rings. The van der Waals surface area contributed by atoms with E-state index in [4.69, 9.17) is 4.11 Å². The van der Waals surface area contributed by atoms with Crippen LogP contribution in [0.2, 0.25) is 0 Å². The van der Waals surface area contributed by atoms with E-state index in [0.29, 0.717) is 0 Å². The molecule has 0 spiro atoms. The van der Waals surface area contributed by atoms with Crippen molar-refractivity contribution >= 4 is 32.6 Å². The smallest absolute Gasteiger partial charge is 0.272 e. The van der Waals surface area contributed by atoms with E-state index in [1.54, 1.807) is 11.3 Å². The predicted molar refractivity (Wildman–Crippen MR) is 83.0 cm³/mol. The lowest BCUT2D eigenvalue weighted by atomic mass is 10.1. The maximum absolute atomic E-state index is 7.95. The van der Waals surface area contributed by atoms with Crippen LogP contribution >= 0.6 is 11.3 Å². The molecule has 5 rings (SSSR count). The number of aryl methyl sites for hydroxylation is 1. The number of fused-ring (bicyclic) bond motifs is 7. The van der Waals surface area contributed by atoms with Crippen LogP contribution < -0.4 is 4.57 Å². The predicted octanol–water partition coefficient (Wildman–Crippen LogP) is 3.71. The Morgan fingerprint density at radius 2 is 2.00 bits per heavy atom. The zero-order valence-corrected chi connectivity index (χ0v) is 11.4. The van der Waals surface area contributed by atoms with Gasteiger partial charge in [0.15, 0.2) is 11.4 Å². The Morgan fingerprint density at radius 1 is 1.15 bits per heavy atom. The molecular formula is C17H13N2S+. The van der Waals surface area contributed by atoms with Gasteiger partial charge in [-0.3, -0.25) is 0 Å². The number of hydrogen-bond donors (Lipinski definition) is 0. The molecule has 0 fully saturated rings. The van der Waals surface area contributed by atoms with Gasteiger partial charge in [-0.2, -0.15) is 4.57 Å². The molecule has 0 saturated heterocycles. The van der Waals surface area contributed by atoms with Gasteiger partial charge in [0.2, 0.25) is 0 Å². The summed E-state index contributed by atoms with van der Waals surface area (Å²) < 4.78 is 27.6. The lowest BCUT2D eigenvalue weighted by Gasteiger charge is -1.94. The number of para-hydroxylation sites is 1. The molecule has 2 nitrogen and oxygen atoms in total. The minimum absolute atomic E-state index is 0.778. The molecule has 2 aromatic carbocycles. The third kappa shape index (κ3) is 1.12. The molecule has 0 unspecified atom stereocenters. The molecular weight excluding hydrogens is 264 g/mol. The molecule has 1 aliphatic rings. The summed E-state index contributed by atoms with van der Waals surface area (Å²) in [6.07, 6.45) is 0. The topological polar surface area (TPSA) is 8.81 Å². The maximum atomic E-state index is 7.95. The highest BCUT2D eigenvalue weighted by atomic mass is 32.1. The van der Waals surface area contributed by atoms with E-state index < -0.39 is 6.98 Å². The summed E-state index contributed by atoms with van der Waals surface area (Å²) in [5.74, 6) is 0. The molecule has 3 heteroatoms. The van der Waals surface area contributed by atoms with Crippen LogP contribution in [0.15, 0.2) is 48.5 Å². The van der Waals surface area contributed by atoms with Gasteiger partial charge in [-0.05, 0) is 29.5 Å². The van der Waals surface area contributed by atoms with Crippen LogP contribution in [-0.4, -0.2) is 4.57 Å². The second-order valence-electron chi connectivity index (χ2n) is 5.16. The van der Waals surface area contributed by atoms with Crippen LogP contribution in [0.1, 0.15) is 9.68 Å². The van der Waals surface area contributed by atoms with E-state index in [9.17, 15) is 0 Å². The van der Waals surface area contributed by atoms with E-state index in [1.807, 2.05) is 30.3 Å². The van der Waals surface area contributed by atoms with E-state index in [-0.39, 0.29) is 0 Å². The molecule has 0 radical (unpaired) electrons. The summed E-state index contributed by atoms with van der Waals surface area (Å²) in [6, 6.07) is 16.1. The van der Waals surface area contributed by atoms with E-state index in [0.717, 1.165) is 32.8 Å². The molecule has 20 heavy (non-hydrogen) atoms. The highest BCUT2D eigenvalue weighted by Gasteiger charge is 2.34. The van der Waals surface area contributed by atoms with Gasteiger partial charge in [-0.25, -0.2) is 0 Å². The number of thiazole rings is 1. The van der Waals surface area contributed by atoms with Crippen LogP contribution in [0.3, 0.4) is 0 Å². The average Bonchev–Trinajstić information content (AvgIpc) is 3.12. The van der Waals surface area contributed by atoms with Crippen molar-refractivity contribution in [1.29, 1.82) is 0 Å². The Bertz CT molecular complexity index is 1090. The summed E-state index contributed by atoms with van der Waals surface area (Å²) in [5.41, 5.74) is 4.33. The van der Waals surface area contributed by atoms with Gasteiger partial charge < -0.3 is 4.57 Å². The van der Waals surface area contributed by atoms with Crippen molar-refractivity contribution in [3.05, 3.63) is 54.1 Å². The van der Waals surface area contributed by atoms with Gasteiger partial charge in [0, 0.05) is 16.7 Å². The Balaban J connectivity index is 1.96. The van der Waals surface area contributed by atoms with Crippen LogP contribution in [0.4, 0.5) is 0 Å². The minimum atomic E-state index is -2.18. The molecule has 0 amide bonds. The first-order chi connectivity index (χ1) is 11.1. The fourth-order valence-corrected chi connectivity index (χ4v) is 4.46. The molecule has 0 N–H and O–H groups in total. The van der Waals surface area contributed by atoms with Crippen molar-refractivity contribution in [1.82, 2.24) is 4.57 Å². The van der Waals surface area contributed by atoms with E-state index in [2.05, 4.69) is 22.8 Å². The highest BCUT2D eigenvalue weighted by Crippen LogP contribution is 2.38. The Labute approximate surface area is 124 Å². The Hall–Kier alpha value is -2.13. The van der Waals surface area contributed by atoms with Gasteiger partial charge in [-0.1, -0.05) is 30.3 Å². The average molecular weight is 280 g/mol. The number of aromatic nitrogens is 2. The number of rotatable bonds is 0. The second-order valence-corrected chi connectivity index (χ2v) is 6.13. The van der Waals surface area contributed by atoms with Crippen molar-refractivity contribution in [3.63, 3.8) is 0 Å². The first kappa shape index (κ1) is 8.22. The quantitative estimate of drug-likeness (QED) is 0.382. The van der Waals surface area contributed by atoms with Crippen molar-refractivity contribution in [2.24, 2.45) is 6.98 Å². The van der Waals surface area contributed by atoms with Crippen LogP contribution in [0.5, 0.6) is 0 Å². The van der Waals surface area contributed by atoms with Gasteiger partial charge in [-0.15, -0.1) is 0 Å². The van der Waals surface area contributed by atoms with Gasteiger partial charge in [0.05, 0.1) is 16.5 Å². The normalized spacial score (nSPS) is 15.9. The fourth-order valence-electron chi connectivity index (χ4n) is 3.19. The maximum Gasteiger partial charge on any atom is 0.272 e. The standard InChI is InChI=1S/C17H13N2S/c1-18-14-9-5-4-8-13(14)15-17(18)20-16-12-7-3-2-6-11(12)10-19(15)16/h2-9H,10H2,1H3/q+1/i1D3. The van der Waals surface area contributed by atoms with Gasteiger partial charge in [0.25, 0.3) is 10.5 Å². The number of benzene rings is 2. The third-order valence-electron chi connectivity index (χ3n) is 4.09. The molecule has 0 saturated carbocycles. The molecule has 2 aromatic heterocycles. The summed E-state index contributed by atoms with van der Waals surface area (Å²) >= 11 is 1.57. The van der Waals surface area contributed by atoms with Crippen molar-refractivity contribution in [2.75, 3.05) is 0 Å². The number of nitrogens with zero attached hydrogens (tertiary/aromatic N) is 2. The summed E-state index contributed by atoms with van der Waals surface area (Å²) in [6.45, 7) is -1.37. The Kier molecular flexibility index (Phi) is 1.44. The second kappa shape index (κ2) is 3.49. The van der Waals surface area contributed by atoms with Crippen LogP contribution in [-0.2, 0) is 13.5 Å². The third-order valence-corrected chi connectivity index (χ3v) is 5.29. The summed E-state index contributed by atoms with van der Waals surface area (Å²) in [5, 5.41) is 2.16. The molecule has 3 heterocycles. The molecule has 0 aliphatic carbocycles. The molecule has 96 valence electrons. The van der Waals surface area contributed by atoms with E-state index >= 15 is 0 Å².